The zero-order chi connectivity index (χ0) is 14.8. The van der Waals surface area contributed by atoms with E-state index < -0.39 is 0 Å². The first-order valence-corrected chi connectivity index (χ1v) is 8.45. The summed E-state index contributed by atoms with van der Waals surface area (Å²) < 4.78 is 6.01. The highest BCUT2D eigenvalue weighted by Crippen LogP contribution is 2.41. The van der Waals surface area contributed by atoms with Crippen molar-refractivity contribution in [3.05, 3.63) is 22.4 Å². The molecular formula is C16H28N2OS. The fraction of sp³-hybridized carbons (Fsp3) is 0.750. The molecule has 0 radical (unpaired) electrons. The van der Waals surface area contributed by atoms with Crippen molar-refractivity contribution >= 4 is 11.3 Å². The van der Waals surface area contributed by atoms with Crippen LogP contribution in [-0.2, 0) is 4.74 Å². The fourth-order valence-corrected chi connectivity index (χ4v) is 4.13. The maximum atomic E-state index is 6.21. The lowest BCUT2D eigenvalue weighted by atomic mass is 9.77. The zero-order valence-corrected chi connectivity index (χ0v) is 14.0. The Labute approximate surface area is 127 Å². The number of thiophene rings is 1. The largest absolute Gasteiger partial charge is 0.375 e. The first-order chi connectivity index (χ1) is 9.46. The Hall–Kier alpha value is -0.420. The Morgan fingerprint density at radius 3 is 2.85 bits per heavy atom. The van der Waals surface area contributed by atoms with Gasteiger partial charge < -0.3 is 10.5 Å². The predicted molar refractivity (Wildman–Crippen MR) is 86.2 cm³/mol. The van der Waals surface area contributed by atoms with Crippen molar-refractivity contribution in [1.29, 1.82) is 0 Å². The normalized spacial score (nSPS) is 32.5. The Morgan fingerprint density at radius 2 is 2.30 bits per heavy atom. The van der Waals surface area contributed by atoms with Gasteiger partial charge in [-0.15, -0.1) is 11.3 Å². The second kappa shape index (κ2) is 6.14. The quantitative estimate of drug-likeness (QED) is 0.905. The maximum absolute atomic E-state index is 6.21. The van der Waals surface area contributed by atoms with Gasteiger partial charge in [0.1, 0.15) is 0 Å². The molecule has 0 bridgehead atoms. The van der Waals surface area contributed by atoms with Crippen LogP contribution >= 0.6 is 11.3 Å². The summed E-state index contributed by atoms with van der Waals surface area (Å²) in [5.41, 5.74) is 6.22. The molecule has 0 aliphatic carbocycles. The lowest BCUT2D eigenvalue weighted by Gasteiger charge is -2.52. The van der Waals surface area contributed by atoms with Crippen molar-refractivity contribution in [3.63, 3.8) is 0 Å². The summed E-state index contributed by atoms with van der Waals surface area (Å²) in [5.74, 6) is 0. The van der Waals surface area contributed by atoms with E-state index in [2.05, 4.69) is 50.2 Å². The lowest BCUT2D eigenvalue weighted by molar-refractivity contribution is -0.130. The molecule has 3 nitrogen and oxygen atoms in total. The Morgan fingerprint density at radius 1 is 1.55 bits per heavy atom. The van der Waals surface area contributed by atoms with Gasteiger partial charge in [-0.3, -0.25) is 4.90 Å². The number of nitrogens with zero attached hydrogens (tertiary/aromatic N) is 1. The number of nitrogens with two attached hydrogens (primary N) is 1. The number of ether oxygens (including phenoxy) is 1. The first-order valence-electron chi connectivity index (χ1n) is 7.57. The van der Waals surface area contributed by atoms with Gasteiger partial charge in [0.05, 0.1) is 5.60 Å². The predicted octanol–water partition coefficient (Wildman–Crippen LogP) is 3.42. The van der Waals surface area contributed by atoms with Gasteiger partial charge in [-0.25, -0.2) is 0 Å². The molecule has 2 rings (SSSR count). The van der Waals surface area contributed by atoms with Gasteiger partial charge in [-0.2, -0.15) is 0 Å². The van der Waals surface area contributed by atoms with Crippen LogP contribution in [0.4, 0.5) is 0 Å². The second-order valence-electron chi connectivity index (χ2n) is 6.31. The van der Waals surface area contributed by atoms with Crippen LogP contribution < -0.4 is 5.73 Å². The van der Waals surface area contributed by atoms with Gasteiger partial charge in [0.15, 0.2) is 0 Å². The van der Waals surface area contributed by atoms with Crippen LogP contribution in [0.5, 0.6) is 0 Å². The standard InChI is InChI=1S/C16H28N2OS/c1-5-15(3)11-16(12-17,8-9-19-15)18(4)13(2)14-7-6-10-20-14/h6-7,10,13H,5,8-9,11-12,17H2,1-4H3. The smallest absolute Gasteiger partial charge is 0.0670 e. The van der Waals surface area contributed by atoms with Gasteiger partial charge in [0.25, 0.3) is 0 Å². The highest BCUT2D eigenvalue weighted by atomic mass is 32.1. The summed E-state index contributed by atoms with van der Waals surface area (Å²) in [6.45, 7) is 8.21. The van der Waals surface area contributed by atoms with Crippen LogP contribution in [0.3, 0.4) is 0 Å². The molecule has 1 fully saturated rings. The summed E-state index contributed by atoms with van der Waals surface area (Å²) in [7, 11) is 2.22. The Balaban J connectivity index is 2.21. The highest BCUT2D eigenvalue weighted by molar-refractivity contribution is 7.10. The molecule has 1 aliphatic heterocycles. The van der Waals surface area contributed by atoms with E-state index in [1.165, 1.54) is 4.88 Å². The van der Waals surface area contributed by atoms with Crippen molar-refractivity contribution in [2.24, 2.45) is 5.73 Å². The minimum Gasteiger partial charge on any atom is -0.375 e. The molecule has 1 aromatic rings. The van der Waals surface area contributed by atoms with Crippen LogP contribution in [0.2, 0.25) is 0 Å². The van der Waals surface area contributed by atoms with Gasteiger partial charge in [-0.05, 0) is 51.6 Å². The third-order valence-electron chi connectivity index (χ3n) is 5.13. The molecule has 114 valence electrons. The highest BCUT2D eigenvalue weighted by Gasteiger charge is 2.45. The second-order valence-corrected chi connectivity index (χ2v) is 7.29. The van der Waals surface area contributed by atoms with Crippen molar-refractivity contribution in [1.82, 2.24) is 4.90 Å². The summed E-state index contributed by atoms with van der Waals surface area (Å²) in [6, 6.07) is 4.74. The van der Waals surface area contributed by atoms with Crippen molar-refractivity contribution in [2.45, 2.75) is 57.2 Å². The maximum Gasteiger partial charge on any atom is 0.0670 e. The summed E-state index contributed by atoms with van der Waals surface area (Å²) >= 11 is 1.82. The van der Waals surface area contributed by atoms with Gasteiger partial charge in [0, 0.05) is 29.6 Å². The molecular weight excluding hydrogens is 268 g/mol. The van der Waals surface area contributed by atoms with E-state index in [-0.39, 0.29) is 11.1 Å². The molecule has 20 heavy (non-hydrogen) atoms. The molecule has 0 amide bonds. The first kappa shape index (κ1) is 16.0. The number of hydrogen-bond donors (Lipinski definition) is 1. The molecule has 4 heteroatoms. The van der Waals surface area contributed by atoms with Crippen molar-refractivity contribution in [2.75, 3.05) is 20.2 Å². The van der Waals surface area contributed by atoms with Crippen molar-refractivity contribution in [3.8, 4) is 0 Å². The van der Waals surface area contributed by atoms with E-state index in [0.29, 0.717) is 12.6 Å². The molecule has 0 aromatic carbocycles. The molecule has 3 unspecified atom stereocenters. The van der Waals surface area contributed by atoms with Crippen LogP contribution in [0, 0.1) is 0 Å². The zero-order valence-electron chi connectivity index (χ0n) is 13.2. The number of hydrogen-bond acceptors (Lipinski definition) is 4. The number of rotatable bonds is 5. The molecule has 0 saturated carbocycles. The number of likely N-dealkylation sites (N-methyl/N-ethyl adjacent to an activating group) is 1. The Bertz CT molecular complexity index is 422. The Kier molecular flexibility index (Phi) is 4.90. The minimum absolute atomic E-state index is 0.0406. The molecule has 0 spiro atoms. The summed E-state index contributed by atoms with van der Waals surface area (Å²) in [4.78, 5) is 3.89. The van der Waals surface area contributed by atoms with Crippen molar-refractivity contribution < 1.29 is 4.74 Å². The lowest BCUT2D eigenvalue weighted by Crippen LogP contribution is -2.60. The topological polar surface area (TPSA) is 38.5 Å². The molecule has 2 heterocycles. The minimum atomic E-state index is -0.0406. The molecule has 1 aliphatic rings. The van der Waals surface area contributed by atoms with Gasteiger partial charge in [0.2, 0.25) is 0 Å². The van der Waals surface area contributed by atoms with Crippen LogP contribution in [0.1, 0.15) is 51.0 Å². The monoisotopic (exact) mass is 296 g/mol. The molecule has 1 saturated heterocycles. The average molecular weight is 296 g/mol. The SMILES string of the molecule is CCC1(C)CC(CN)(N(C)C(C)c2cccs2)CCO1. The van der Waals surface area contributed by atoms with Gasteiger partial charge in [-0.1, -0.05) is 13.0 Å². The fourth-order valence-electron chi connectivity index (χ4n) is 3.30. The summed E-state index contributed by atoms with van der Waals surface area (Å²) in [6.07, 6.45) is 3.07. The van der Waals surface area contributed by atoms with E-state index >= 15 is 0 Å². The van der Waals surface area contributed by atoms with Crippen LogP contribution in [0.25, 0.3) is 0 Å². The third-order valence-corrected chi connectivity index (χ3v) is 6.18. The summed E-state index contributed by atoms with van der Waals surface area (Å²) in [5, 5.41) is 2.15. The van der Waals surface area contributed by atoms with E-state index in [9.17, 15) is 0 Å². The molecule has 1 aromatic heterocycles. The van der Waals surface area contributed by atoms with Gasteiger partial charge >= 0.3 is 0 Å². The van der Waals surface area contributed by atoms with E-state index in [1.807, 2.05) is 11.3 Å². The van der Waals surface area contributed by atoms with E-state index in [0.717, 1.165) is 25.9 Å². The molecule has 3 atom stereocenters. The van der Waals surface area contributed by atoms with E-state index in [1.54, 1.807) is 0 Å². The molecule has 2 N–H and O–H groups in total. The third kappa shape index (κ3) is 2.93. The van der Waals surface area contributed by atoms with Crippen LogP contribution in [-0.4, -0.2) is 36.2 Å². The van der Waals surface area contributed by atoms with Crippen LogP contribution in [0.15, 0.2) is 17.5 Å². The average Bonchev–Trinajstić information content (AvgIpc) is 2.99. The van der Waals surface area contributed by atoms with E-state index in [4.69, 9.17) is 10.5 Å².